The quantitative estimate of drug-likeness (QED) is 0.589. The molecule has 104 valence electrons. The first-order chi connectivity index (χ1) is 10.2. The number of carbonyl (C=O) groups is 1. The lowest BCUT2D eigenvalue weighted by Gasteiger charge is -2.11. The molecule has 0 bridgehead atoms. The molecular formula is C18H14O3. The Balaban J connectivity index is 1.80. The van der Waals surface area contributed by atoms with Crippen molar-refractivity contribution in [3.8, 4) is 5.75 Å². The molecule has 0 spiro atoms. The van der Waals surface area contributed by atoms with Gasteiger partial charge >= 0.3 is 5.97 Å². The van der Waals surface area contributed by atoms with E-state index in [2.05, 4.69) is 0 Å². The molecule has 3 aromatic rings. The van der Waals surface area contributed by atoms with Crippen molar-refractivity contribution in [1.82, 2.24) is 0 Å². The average Bonchev–Trinajstić information content (AvgIpc) is 2.55. The average molecular weight is 278 g/mol. The third-order valence-electron chi connectivity index (χ3n) is 3.28. The summed E-state index contributed by atoms with van der Waals surface area (Å²) in [5, 5.41) is 12.0. The van der Waals surface area contributed by atoms with E-state index in [4.69, 9.17) is 4.74 Å². The van der Waals surface area contributed by atoms with Crippen molar-refractivity contribution in [2.75, 3.05) is 0 Å². The zero-order valence-electron chi connectivity index (χ0n) is 11.3. The zero-order chi connectivity index (χ0) is 14.7. The van der Waals surface area contributed by atoms with Gasteiger partial charge in [0.15, 0.2) is 6.10 Å². The van der Waals surface area contributed by atoms with Crippen LogP contribution in [0.5, 0.6) is 5.75 Å². The third-order valence-corrected chi connectivity index (χ3v) is 3.28. The molecule has 3 aromatic carbocycles. The molecule has 21 heavy (non-hydrogen) atoms. The highest BCUT2D eigenvalue weighted by atomic mass is 16.5. The first-order valence-electron chi connectivity index (χ1n) is 6.67. The van der Waals surface area contributed by atoms with E-state index in [0.29, 0.717) is 11.3 Å². The maximum absolute atomic E-state index is 12.0. The molecule has 0 amide bonds. The summed E-state index contributed by atoms with van der Waals surface area (Å²) in [4.78, 5) is 12.0. The fourth-order valence-corrected chi connectivity index (χ4v) is 2.17. The van der Waals surface area contributed by atoms with Gasteiger partial charge in [-0.25, -0.2) is 4.79 Å². The summed E-state index contributed by atoms with van der Waals surface area (Å²) in [6.45, 7) is 0. The van der Waals surface area contributed by atoms with E-state index in [1.165, 1.54) is 0 Å². The predicted octanol–water partition coefficient (Wildman–Crippen LogP) is 3.48. The van der Waals surface area contributed by atoms with Gasteiger partial charge in [0.1, 0.15) is 5.75 Å². The molecule has 0 saturated carbocycles. The molecule has 3 rings (SSSR count). The Labute approximate surface area is 122 Å². The second-order valence-electron chi connectivity index (χ2n) is 4.74. The molecule has 1 atom stereocenters. The van der Waals surface area contributed by atoms with Gasteiger partial charge in [-0.2, -0.15) is 0 Å². The Morgan fingerprint density at radius 2 is 1.52 bits per heavy atom. The maximum Gasteiger partial charge on any atom is 0.345 e. The molecule has 0 fully saturated rings. The Morgan fingerprint density at radius 3 is 2.29 bits per heavy atom. The molecule has 0 saturated heterocycles. The van der Waals surface area contributed by atoms with Gasteiger partial charge in [0.25, 0.3) is 0 Å². The predicted molar refractivity (Wildman–Crippen MR) is 81.0 cm³/mol. The number of esters is 1. The normalized spacial score (nSPS) is 12.0. The number of benzene rings is 3. The Morgan fingerprint density at radius 1 is 0.857 bits per heavy atom. The van der Waals surface area contributed by atoms with Crippen LogP contribution in [0.4, 0.5) is 0 Å². The summed E-state index contributed by atoms with van der Waals surface area (Å²) >= 11 is 0. The van der Waals surface area contributed by atoms with E-state index in [1.807, 2.05) is 36.4 Å². The van der Waals surface area contributed by atoms with Crippen molar-refractivity contribution in [1.29, 1.82) is 0 Å². The molecule has 1 N–H and O–H groups in total. The van der Waals surface area contributed by atoms with Gasteiger partial charge in [0.2, 0.25) is 0 Å². The Kier molecular flexibility index (Phi) is 3.67. The summed E-state index contributed by atoms with van der Waals surface area (Å²) in [7, 11) is 0. The van der Waals surface area contributed by atoms with E-state index >= 15 is 0 Å². The van der Waals surface area contributed by atoms with Gasteiger partial charge in [-0.3, -0.25) is 0 Å². The van der Waals surface area contributed by atoms with Crippen LogP contribution < -0.4 is 4.74 Å². The highest BCUT2D eigenvalue weighted by Crippen LogP contribution is 2.22. The molecule has 0 aliphatic rings. The van der Waals surface area contributed by atoms with Crippen LogP contribution in [0.15, 0.2) is 72.8 Å². The van der Waals surface area contributed by atoms with Gasteiger partial charge in [-0.15, -0.1) is 0 Å². The first-order valence-corrected chi connectivity index (χ1v) is 6.67. The van der Waals surface area contributed by atoms with Gasteiger partial charge in [0, 0.05) is 0 Å². The lowest BCUT2D eigenvalue weighted by Crippen LogP contribution is -2.18. The number of hydrogen-bond acceptors (Lipinski definition) is 3. The minimum atomic E-state index is -1.28. The van der Waals surface area contributed by atoms with Crippen molar-refractivity contribution < 1.29 is 14.6 Å². The molecule has 0 radical (unpaired) electrons. The summed E-state index contributed by atoms with van der Waals surface area (Å²) in [5.41, 5.74) is 0.517. The van der Waals surface area contributed by atoms with Crippen molar-refractivity contribution in [3.63, 3.8) is 0 Å². The summed E-state index contributed by atoms with van der Waals surface area (Å²) < 4.78 is 5.25. The second kappa shape index (κ2) is 5.77. The van der Waals surface area contributed by atoms with Crippen LogP contribution in [0.2, 0.25) is 0 Å². The smallest absolute Gasteiger partial charge is 0.345 e. The van der Waals surface area contributed by atoms with E-state index in [9.17, 15) is 9.90 Å². The van der Waals surface area contributed by atoms with Gasteiger partial charge in [-0.1, -0.05) is 60.7 Å². The van der Waals surface area contributed by atoms with Crippen LogP contribution in [-0.2, 0) is 4.79 Å². The van der Waals surface area contributed by atoms with Gasteiger partial charge in [0.05, 0.1) is 0 Å². The van der Waals surface area contributed by atoms with E-state index in [-0.39, 0.29) is 0 Å². The maximum atomic E-state index is 12.0. The highest BCUT2D eigenvalue weighted by Gasteiger charge is 2.19. The van der Waals surface area contributed by atoms with Crippen LogP contribution in [0, 0.1) is 0 Å². The topological polar surface area (TPSA) is 46.5 Å². The lowest BCUT2D eigenvalue weighted by atomic mass is 10.1. The molecule has 0 heterocycles. The minimum Gasteiger partial charge on any atom is -0.424 e. The van der Waals surface area contributed by atoms with E-state index in [1.54, 1.807) is 36.4 Å². The van der Waals surface area contributed by atoms with Gasteiger partial charge in [-0.05, 0) is 28.5 Å². The summed E-state index contributed by atoms with van der Waals surface area (Å²) in [6, 6.07) is 21.9. The monoisotopic (exact) mass is 278 g/mol. The number of aliphatic hydroxyl groups is 1. The Bertz CT molecular complexity index is 766. The molecule has 0 aliphatic carbocycles. The van der Waals surface area contributed by atoms with Crippen molar-refractivity contribution in [3.05, 3.63) is 78.4 Å². The summed E-state index contributed by atoms with van der Waals surface area (Å²) in [5.74, 6) is -0.259. The molecule has 3 heteroatoms. The van der Waals surface area contributed by atoms with Crippen LogP contribution in [0.3, 0.4) is 0 Å². The number of fused-ring (bicyclic) bond motifs is 1. The van der Waals surface area contributed by atoms with Crippen LogP contribution in [0.25, 0.3) is 10.8 Å². The van der Waals surface area contributed by atoms with Crippen molar-refractivity contribution in [2.45, 2.75) is 6.10 Å². The highest BCUT2D eigenvalue weighted by molar-refractivity contribution is 5.85. The minimum absolute atomic E-state index is 0.425. The number of rotatable bonds is 3. The number of carbonyl (C=O) groups excluding carboxylic acids is 1. The molecule has 0 aromatic heterocycles. The standard InChI is InChI=1S/C18H14O3/c19-17(14-7-2-1-3-8-14)18(20)21-16-11-10-13-6-4-5-9-15(13)12-16/h1-12,17,19H/t17-/m1/s1. The molecular weight excluding hydrogens is 264 g/mol. The fourth-order valence-electron chi connectivity index (χ4n) is 2.17. The van der Waals surface area contributed by atoms with Crippen molar-refractivity contribution in [2.24, 2.45) is 0 Å². The fraction of sp³-hybridized carbons (Fsp3) is 0.0556. The molecule has 0 aliphatic heterocycles. The number of ether oxygens (including phenoxy) is 1. The van der Waals surface area contributed by atoms with Crippen LogP contribution in [-0.4, -0.2) is 11.1 Å². The van der Waals surface area contributed by atoms with Crippen LogP contribution in [0.1, 0.15) is 11.7 Å². The molecule has 3 nitrogen and oxygen atoms in total. The molecule has 0 unspecified atom stereocenters. The second-order valence-corrected chi connectivity index (χ2v) is 4.74. The van der Waals surface area contributed by atoms with E-state index in [0.717, 1.165) is 10.8 Å². The third kappa shape index (κ3) is 2.93. The SMILES string of the molecule is O=C(Oc1ccc2ccccc2c1)[C@H](O)c1ccccc1. The number of aliphatic hydroxyl groups excluding tert-OH is 1. The van der Waals surface area contributed by atoms with E-state index < -0.39 is 12.1 Å². The lowest BCUT2D eigenvalue weighted by molar-refractivity contribution is -0.144. The first kappa shape index (κ1) is 13.3. The van der Waals surface area contributed by atoms with Gasteiger partial charge < -0.3 is 9.84 Å². The summed E-state index contributed by atoms with van der Waals surface area (Å²) in [6.07, 6.45) is -1.28. The largest absolute Gasteiger partial charge is 0.424 e. The zero-order valence-corrected chi connectivity index (χ0v) is 11.3. The van der Waals surface area contributed by atoms with Crippen molar-refractivity contribution >= 4 is 16.7 Å². The van der Waals surface area contributed by atoms with Crippen LogP contribution >= 0.6 is 0 Å². The Hall–Kier alpha value is -2.65. The number of hydrogen-bond donors (Lipinski definition) is 1.